The Labute approximate surface area is 203 Å². The normalized spacial score (nSPS) is 13.1. The van der Waals surface area contributed by atoms with Crippen LogP contribution in [0.5, 0.6) is 0 Å². The maximum Gasteiger partial charge on any atom is 0.262 e. The Morgan fingerprint density at radius 3 is 2.65 bits per heavy atom. The highest BCUT2D eigenvalue weighted by atomic mass is 32.2. The molecule has 0 amide bonds. The van der Waals surface area contributed by atoms with E-state index >= 15 is 0 Å². The molecule has 0 radical (unpaired) electrons. The van der Waals surface area contributed by atoms with E-state index in [0.29, 0.717) is 26.7 Å². The second-order valence-corrected chi connectivity index (χ2v) is 10.0. The number of hydrogen-bond acceptors (Lipinski definition) is 7. The number of aliphatic hydroxyl groups excluding tert-OH is 1. The van der Waals surface area contributed by atoms with E-state index < -0.39 is 5.25 Å². The summed E-state index contributed by atoms with van der Waals surface area (Å²) in [5.74, 6) is 0.175. The Bertz CT molecular complexity index is 1630. The molecule has 0 spiro atoms. The summed E-state index contributed by atoms with van der Waals surface area (Å²) >= 11 is 2.67. The molecule has 168 valence electrons. The van der Waals surface area contributed by atoms with Gasteiger partial charge in [0.1, 0.15) is 22.2 Å². The van der Waals surface area contributed by atoms with E-state index in [-0.39, 0.29) is 16.9 Å². The molecule has 5 rings (SSSR count). The van der Waals surface area contributed by atoms with E-state index in [0.717, 1.165) is 16.0 Å². The van der Waals surface area contributed by atoms with Gasteiger partial charge in [-0.1, -0.05) is 54.2 Å². The lowest BCUT2D eigenvalue weighted by molar-refractivity contribution is 0.401. The van der Waals surface area contributed by atoms with Crippen LogP contribution < -0.4 is 5.56 Å². The Hall–Kier alpha value is -3.87. The van der Waals surface area contributed by atoms with Crippen LogP contribution >= 0.6 is 23.1 Å². The number of benzene rings is 2. The number of aromatic amines is 1. The Morgan fingerprint density at radius 2 is 1.91 bits per heavy atom. The van der Waals surface area contributed by atoms with E-state index in [1.54, 1.807) is 14.0 Å². The summed E-state index contributed by atoms with van der Waals surface area (Å²) in [4.78, 5) is 26.8. The van der Waals surface area contributed by atoms with Gasteiger partial charge in [-0.05, 0) is 30.7 Å². The second-order valence-electron chi connectivity index (χ2n) is 7.69. The van der Waals surface area contributed by atoms with Gasteiger partial charge in [-0.15, -0.1) is 11.3 Å². The maximum atomic E-state index is 13.0. The number of thiophene rings is 1. The first kappa shape index (κ1) is 21.9. The highest BCUT2D eigenvalue weighted by molar-refractivity contribution is 8.00. The first-order valence-corrected chi connectivity index (χ1v) is 12.2. The van der Waals surface area contributed by atoms with Crippen LogP contribution in [0, 0.1) is 11.3 Å². The zero-order valence-corrected chi connectivity index (χ0v) is 19.9. The first-order chi connectivity index (χ1) is 16.5. The number of nitrogens with zero attached hydrogens (tertiary/aromatic N) is 4. The molecule has 3 heterocycles. The summed E-state index contributed by atoms with van der Waals surface area (Å²) in [6, 6.07) is 21.2. The SMILES string of the molecule is CC(Sc1nc2sc(-c3ccccc3)cc2c(=O)n1C)/C(O)=C(\C#N)c1nc2ccccc2[nH]1. The van der Waals surface area contributed by atoms with Crippen LogP contribution in [0.1, 0.15) is 12.7 Å². The molecule has 3 aromatic heterocycles. The van der Waals surface area contributed by atoms with Crippen LogP contribution in [0.3, 0.4) is 0 Å². The largest absolute Gasteiger partial charge is 0.510 e. The number of hydrogen-bond donors (Lipinski definition) is 2. The van der Waals surface area contributed by atoms with Crippen molar-refractivity contribution in [1.29, 1.82) is 5.26 Å². The molecule has 0 fully saturated rings. The van der Waals surface area contributed by atoms with Crippen molar-refractivity contribution in [2.24, 2.45) is 7.05 Å². The van der Waals surface area contributed by atoms with Gasteiger partial charge in [0.15, 0.2) is 11.0 Å². The number of nitrogens with one attached hydrogen (secondary N) is 1. The lowest BCUT2D eigenvalue weighted by Gasteiger charge is -2.13. The second kappa shape index (κ2) is 8.82. The molecule has 1 atom stereocenters. The van der Waals surface area contributed by atoms with Crippen molar-refractivity contribution in [1.82, 2.24) is 19.5 Å². The zero-order valence-electron chi connectivity index (χ0n) is 18.3. The van der Waals surface area contributed by atoms with Crippen LogP contribution in [-0.4, -0.2) is 29.9 Å². The van der Waals surface area contributed by atoms with Gasteiger partial charge in [0.05, 0.1) is 21.7 Å². The Morgan fingerprint density at radius 1 is 1.18 bits per heavy atom. The molecule has 5 aromatic rings. The number of aromatic nitrogens is 4. The summed E-state index contributed by atoms with van der Waals surface area (Å²) in [6.45, 7) is 1.76. The molecule has 2 N–H and O–H groups in total. The van der Waals surface area contributed by atoms with Crippen molar-refractivity contribution < 1.29 is 5.11 Å². The van der Waals surface area contributed by atoms with Crippen molar-refractivity contribution in [3.05, 3.63) is 82.6 Å². The fourth-order valence-electron chi connectivity index (χ4n) is 3.62. The number of rotatable bonds is 5. The molecule has 2 aromatic carbocycles. The minimum atomic E-state index is -0.535. The molecule has 0 aliphatic heterocycles. The molecule has 0 bridgehead atoms. The van der Waals surface area contributed by atoms with Gasteiger partial charge in [-0.2, -0.15) is 5.26 Å². The average molecular weight is 486 g/mol. The molecule has 0 saturated carbocycles. The Balaban J connectivity index is 1.50. The Kier molecular flexibility index (Phi) is 5.69. The van der Waals surface area contributed by atoms with Crippen LogP contribution in [0.4, 0.5) is 0 Å². The predicted molar refractivity (Wildman–Crippen MR) is 137 cm³/mol. The smallest absolute Gasteiger partial charge is 0.262 e. The van der Waals surface area contributed by atoms with Crippen LogP contribution in [0.15, 0.2) is 76.4 Å². The lowest BCUT2D eigenvalue weighted by atomic mass is 10.2. The predicted octanol–water partition coefficient (Wildman–Crippen LogP) is 5.51. The maximum absolute atomic E-state index is 13.0. The molecule has 9 heteroatoms. The quantitative estimate of drug-likeness (QED) is 0.147. The third-order valence-corrected chi connectivity index (χ3v) is 7.68. The van der Waals surface area contributed by atoms with E-state index in [4.69, 9.17) is 4.98 Å². The molecular formula is C25H19N5O2S2. The van der Waals surface area contributed by atoms with Gasteiger partial charge in [0.2, 0.25) is 0 Å². The fraction of sp³-hybridized carbons (Fsp3) is 0.120. The number of H-pyrrole nitrogens is 1. The van der Waals surface area contributed by atoms with Gasteiger partial charge >= 0.3 is 0 Å². The minimum Gasteiger partial charge on any atom is -0.510 e. The molecule has 7 nitrogen and oxygen atoms in total. The van der Waals surface area contributed by atoms with E-state index in [9.17, 15) is 15.2 Å². The summed E-state index contributed by atoms with van der Waals surface area (Å²) in [6.07, 6.45) is 0. The number of allylic oxidation sites excluding steroid dienone is 1. The highest BCUT2D eigenvalue weighted by Gasteiger charge is 2.22. The fourth-order valence-corrected chi connectivity index (χ4v) is 5.63. The summed E-state index contributed by atoms with van der Waals surface area (Å²) < 4.78 is 1.48. The zero-order chi connectivity index (χ0) is 23.8. The molecule has 1 unspecified atom stereocenters. The number of thioether (sulfide) groups is 1. The van der Waals surface area contributed by atoms with Gasteiger partial charge < -0.3 is 10.1 Å². The van der Waals surface area contributed by atoms with Gasteiger partial charge in [-0.25, -0.2) is 9.97 Å². The van der Waals surface area contributed by atoms with E-state index in [1.165, 1.54) is 27.7 Å². The van der Waals surface area contributed by atoms with Gasteiger partial charge in [-0.3, -0.25) is 9.36 Å². The molecule has 34 heavy (non-hydrogen) atoms. The molecule has 0 saturated heterocycles. The number of fused-ring (bicyclic) bond motifs is 2. The number of nitriles is 1. The molecular weight excluding hydrogens is 466 g/mol. The third-order valence-electron chi connectivity index (χ3n) is 5.45. The van der Waals surface area contributed by atoms with Crippen molar-refractivity contribution in [2.45, 2.75) is 17.3 Å². The number of imidazole rings is 1. The van der Waals surface area contributed by atoms with Crippen molar-refractivity contribution in [2.75, 3.05) is 0 Å². The number of aliphatic hydroxyl groups is 1. The summed E-state index contributed by atoms with van der Waals surface area (Å²) in [5.41, 5.74) is 2.42. The highest BCUT2D eigenvalue weighted by Crippen LogP contribution is 2.34. The van der Waals surface area contributed by atoms with Gasteiger partial charge in [0, 0.05) is 11.9 Å². The van der Waals surface area contributed by atoms with Crippen molar-refractivity contribution >= 4 is 49.9 Å². The van der Waals surface area contributed by atoms with Crippen molar-refractivity contribution in [3.8, 4) is 16.5 Å². The molecule has 0 aliphatic carbocycles. The van der Waals surface area contributed by atoms with Crippen molar-refractivity contribution in [3.63, 3.8) is 0 Å². The minimum absolute atomic E-state index is 0.0600. The van der Waals surface area contributed by atoms with Crippen LogP contribution in [0.2, 0.25) is 0 Å². The topological polar surface area (TPSA) is 108 Å². The third kappa shape index (κ3) is 3.87. The average Bonchev–Trinajstić information content (AvgIpc) is 3.47. The summed E-state index contributed by atoms with van der Waals surface area (Å²) in [7, 11) is 1.66. The van der Waals surface area contributed by atoms with Gasteiger partial charge in [0.25, 0.3) is 5.56 Å². The van der Waals surface area contributed by atoms with Crippen LogP contribution in [0.25, 0.3) is 37.3 Å². The standard InChI is InChI=1S/C25H19N5O2S2/c1-14(21(31)17(13-26)22-27-18-10-6-7-11-19(18)28-22)33-25-29-23-16(24(32)30(25)2)12-20(34-23)15-8-4-3-5-9-15/h3-12,14,31H,1-2H3,(H,27,28)/b21-17-. The summed E-state index contributed by atoms with van der Waals surface area (Å²) in [5, 5.41) is 21.1. The van der Waals surface area contributed by atoms with Crippen LogP contribution in [-0.2, 0) is 7.05 Å². The molecule has 0 aliphatic rings. The lowest BCUT2D eigenvalue weighted by Crippen LogP contribution is -2.20. The first-order valence-electron chi connectivity index (χ1n) is 10.5. The number of para-hydroxylation sites is 2. The van der Waals surface area contributed by atoms with E-state index in [1.807, 2.05) is 60.7 Å². The van der Waals surface area contributed by atoms with E-state index in [2.05, 4.69) is 16.0 Å². The monoisotopic (exact) mass is 485 g/mol.